The van der Waals surface area contributed by atoms with Gasteiger partial charge in [0.15, 0.2) is 0 Å². The van der Waals surface area contributed by atoms with Crippen molar-refractivity contribution in [1.82, 2.24) is 4.31 Å². The number of rotatable bonds is 5. The van der Waals surface area contributed by atoms with E-state index >= 15 is 0 Å². The minimum absolute atomic E-state index is 0.194. The quantitative estimate of drug-likeness (QED) is 0.456. The smallest absolute Gasteiger partial charge is 0.321 e. The number of carbonyl (C=O) groups is 1. The van der Waals surface area contributed by atoms with Crippen LogP contribution < -0.4 is 0 Å². The Balaban J connectivity index is 3.37. The number of ether oxygens (including phenoxy) is 1. The Bertz CT molecular complexity index is 683. The summed E-state index contributed by atoms with van der Waals surface area (Å²) in [7, 11) is -1.67. The van der Waals surface area contributed by atoms with E-state index in [9.17, 15) is 23.3 Å². The van der Waals surface area contributed by atoms with E-state index < -0.39 is 27.5 Å². The minimum Gasteiger partial charge on any atom is -0.468 e. The van der Waals surface area contributed by atoms with Crippen LogP contribution >= 0.6 is 0 Å². The molecule has 0 spiro atoms. The van der Waals surface area contributed by atoms with Crippen LogP contribution in [0.15, 0.2) is 17.0 Å². The Morgan fingerprint density at radius 3 is 2.43 bits per heavy atom. The first-order valence-electron chi connectivity index (χ1n) is 5.90. The summed E-state index contributed by atoms with van der Waals surface area (Å²) in [5.41, 5.74) is 0.565. The zero-order valence-electron chi connectivity index (χ0n) is 12.1. The molecule has 0 atom stereocenters. The summed E-state index contributed by atoms with van der Waals surface area (Å²) >= 11 is 0. The molecule has 0 saturated heterocycles. The summed E-state index contributed by atoms with van der Waals surface area (Å²) in [5.74, 6) is -0.721. The topological polar surface area (TPSA) is 107 Å². The lowest BCUT2D eigenvalue weighted by molar-refractivity contribution is -0.385. The molecule has 0 aliphatic rings. The first-order chi connectivity index (χ1) is 9.61. The molecule has 0 bridgehead atoms. The lowest BCUT2D eigenvalue weighted by atomic mass is 10.1. The van der Waals surface area contributed by atoms with Crippen LogP contribution in [-0.2, 0) is 19.6 Å². The van der Waals surface area contributed by atoms with Gasteiger partial charge in [-0.1, -0.05) is 0 Å². The number of methoxy groups -OCH3 is 1. The summed E-state index contributed by atoms with van der Waals surface area (Å²) in [5, 5.41) is 10.9. The van der Waals surface area contributed by atoms with E-state index in [2.05, 4.69) is 4.74 Å². The van der Waals surface area contributed by atoms with Crippen molar-refractivity contribution in [3.8, 4) is 0 Å². The molecule has 8 nitrogen and oxygen atoms in total. The van der Waals surface area contributed by atoms with Crippen molar-refractivity contribution in [3.05, 3.63) is 33.4 Å². The van der Waals surface area contributed by atoms with Gasteiger partial charge in [-0.2, -0.15) is 4.31 Å². The number of hydrogen-bond donors (Lipinski definition) is 0. The largest absolute Gasteiger partial charge is 0.468 e. The van der Waals surface area contributed by atoms with Crippen LogP contribution in [0.5, 0.6) is 0 Å². The maximum absolute atomic E-state index is 12.4. The van der Waals surface area contributed by atoms with Crippen LogP contribution in [0.3, 0.4) is 0 Å². The summed E-state index contributed by atoms with van der Waals surface area (Å²) in [6, 6.07) is 2.29. The third-order valence-corrected chi connectivity index (χ3v) is 5.01. The van der Waals surface area contributed by atoms with Crippen LogP contribution in [0.25, 0.3) is 0 Å². The average Bonchev–Trinajstić information content (AvgIpc) is 2.40. The van der Waals surface area contributed by atoms with Crippen molar-refractivity contribution in [2.75, 3.05) is 20.7 Å². The third kappa shape index (κ3) is 3.56. The monoisotopic (exact) mass is 316 g/mol. The number of sulfonamides is 1. The molecule has 0 aliphatic heterocycles. The molecule has 0 aromatic heterocycles. The van der Waals surface area contributed by atoms with E-state index in [0.29, 0.717) is 11.1 Å². The predicted octanol–water partition coefficient (Wildman–Crippen LogP) is 1.01. The number of esters is 1. The number of nitrogens with zero attached hydrogens (tertiary/aromatic N) is 2. The summed E-state index contributed by atoms with van der Waals surface area (Å²) in [4.78, 5) is 21.2. The minimum atomic E-state index is -4.03. The molecule has 0 heterocycles. The molecule has 0 fully saturated rings. The molecule has 1 rings (SSSR count). The Labute approximate surface area is 122 Å². The van der Waals surface area contributed by atoms with Gasteiger partial charge >= 0.3 is 5.97 Å². The Kier molecular flexibility index (Phi) is 5.02. The Morgan fingerprint density at radius 1 is 1.38 bits per heavy atom. The van der Waals surface area contributed by atoms with Crippen LogP contribution in [0.2, 0.25) is 0 Å². The van der Waals surface area contributed by atoms with Crippen LogP contribution in [0.4, 0.5) is 5.69 Å². The Hall–Kier alpha value is -2.00. The number of hydrogen-bond acceptors (Lipinski definition) is 6. The number of aryl methyl sites for hydroxylation is 1. The van der Waals surface area contributed by atoms with Gasteiger partial charge in [-0.15, -0.1) is 0 Å². The maximum atomic E-state index is 12.4. The van der Waals surface area contributed by atoms with Crippen molar-refractivity contribution in [3.63, 3.8) is 0 Å². The average molecular weight is 316 g/mol. The van der Waals surface area contributed by atoms with Gasteiger partial charge in [-0.3, -0.25) is 14.9 Å². The SMILES string of the molecule is COC(=O)CN(C)S(=O)(=O)c1cc([N+](=O)[O-])cc(C)c1C. The van der Waals surface area contributed by atoms with E-state index in [1.807, 2.05) is 0 Å². The molecule has 0 amide bonds. The fraction of sp³-hybridized carbons (Fsp3) is 0.417. The van der Waals surface area contributed by atoms with Gasteiger partial charge in [0.25, 0.3) is 5.69 Å². The second-order valence-corrected chi connectivity index (χ2v) is 6.49. The lowest BCUT2D eigenvalue weighted by Crippen LogP contribution is -2.33. The van der Waals surface area contributed by atoms with Crippen LogP contribution in [0.1, 0.15) is 11.1 Å². The number of benzene rings is 1. The fourth-order valence-electron chi connectivity index (χ4n) is 1.68. The summed E-state index contributed by atoms with van der Waals surface area (Å²) < 4.78 is 30.1. The van der Waals surface area contributed by atoms with Crippen molar-refractivity contribution in [2.24, 2.45) is 0 Å². The highest BCUT2D eigenvalue weighted by atomic mass is 32.2. The molecule has 116 valence electrons. The zero-order valence-corrected chi connectivity index (χ0v) is 12.9. The van der Waals surface area contributed by atoms with E-state index in [0.717, 1.165) is 17.5 Å². The van der Waals surface area contributed by atoms with Crippen molar-refractivity contribution in [2.45, 2.75) is 18.7 Å². The summed E-state index contributed by atoms with van der Waals surface area (Å²) in [6.45, 7) is 2.67. The van der Waals surface area contributed by atoms with Gasteiger partial charge in [-0.25, -0.2) is 8.42 Å². The van der Waals surface area contributed by atoms with E-state index in [-0.39, 0.29) is 10.6 Å². The van der Waals surface area contributed by atoms with Gasteiger partial charge in [0.2, 0.25) is 10.0 Å². The van der Waals surface area contributed by atoms with E-state index in [1.165, 1.54) is 13.1 Å². The second-order valence-electron chi connectivity index (χ2n) is 4.48. The van der Waals surface area contributed by atoms with Crippen molar-refractivity contribution in [1.29, 1.82) is 0 Å². The normalized spacial score (nSPS) is 11.5. The molecule has 21 heavy (non-hydrogen) atoms. The number of non-ortho nitro benzene ring substituents is 1. The van der Waals surface area contributed by atoms with Gasteiger partial charge in [-0.05, 0) is 25.0 Å². The van der Waals surface area contributed by atoms with Gasteiger partial charge in [0.1, 0.15) is 6.54 Å². The molecule has 0 saturated carbocycles. The molecule has 9 heteroatoms. The first kappa shape index (κ1) is 17.1. The van der Waals surface area contributed by atoms with E-state index in [4.69, 9.17) is 0 Å². The number of carbonyl (C=O) groups excluding carboxylic acids is 1. The standard InChI is InChI=1S/C12H16N2O6S/c1-8-5-10(14(16)17)6-11(9(8)2)21(18,19)13(3)7-12(15)20-4/h5-6H,7H2,1-4H3. The fourth-order valence-corrected chi connectivity index (χ4v) is 3.11. The summed E-state index contributed by atoms with van der Waals surface area (Å²) in [6.07, 6.45) is 0. The molecular formula is C12H16N2O6S. The van der Waals surface area contributed by atoms with Gasteiger partial charge in [0.05, 0.1) is 16.9 Å². The molecule has 0 aliphatic carbocycles. The second kappa shape index (κ2) is 6.19. The molecule has 0 N–H and O–H groups in total. The van der Waals surface area contributed by atoms with E-state index in [1.54, 1.807) is 13.8 Å². The highest BCUT2D eigenvalue weighted by molar-refractivity contribution is 7.89. The Morgan fingerprint density at radius 2 is 1.95 bits per heavy atom. The predicted molar refractivity (Wildman–Crippen MR) is 74.4 cm³/mol. The number of nitro benzene ring substituents is 1. The number of nitro groups is 1. The molecule has 1 aromatic rings. The van der Waals surface area contributed by atoms with Crippen LogP contribution in [-0.4, -0.2) is 44.3 Å². The molecule has 1 aromatic carbocycles. The van der Waals surface area contributed by atoms with Gasteiger partial charge in [0, 0.05) is 19.2 Å². The maximum Gasteiger partial charge on any atom is 0.321 e. The number of likely N-dealkylation sites (N-methyl/N-ethyl adjacent to an activating group) is 1. The van der Waals surface area contributed by atoms with Gasteiger partial charge < -0.3 is 4.74 Å². The van der Waals surface area contributed by atoms with Crippen LogP contribution in [0, 0.1) is 24.0 Å². The lowest BCUT2D eigenvalue weighted by Gasteiger charge is -2.18. The van der Waals surface area contributed by atoms with Crippen molar-refractivity contribution < 1.29 is 22.9 Å². The molecular weight excluding hydrogens is 300 g/mol. The molecule has 0 radical (unpaired) electrons. The molecule has 0 unspecified atom stereocenters. The highest BCUT2D eigenvalue weighted by Gasteiger charge is 2.27. The third-order valence-electron chi connectivity index (χ3n) is 3.08. The van der Waals surface area contributed by atoms with Crippen molar-refractivity contribution >= 4 is 21.7 Å². The first-order valence-corrected chi connectivity index (χ1v) is 7.34. The zero-order chi connectivity index (χ0) is 16.4. The highest BCUT2D eigenvalue weighted by Crippen LogP contribution is 2.27.